The van der Waals surface area contributed by atoms with Crippen LogP contribution in [0.25, 0.3) is 5.82 Å². The van der Waals surface area contributed by atoms with Crippen LogP contribution in [0.3, 0.4) is 0 Å². The van der Waals surface area contributed by atoms with Gasteiger partial charge in [0.2, 0.25) is 0 Å². The standard InChI is InChI=1S/C15H15N5O3/c1-22-8-12-4-5-13(23-12)15(21)18-7-11-3-2-6-17-14(11)20-10-16-9-19-20/h2-6,9-10H,7-8H2,1H3,(H,18,21). The minimum Gasteiger partial charge on any atom is -0.453 e. The monoisotopic (exact) mass is 313 g/mol. The number of aromatic nitrogens is 4. The van der Waals surface area contributed by atoms with Crippen molar-refractivity contribution in [2.24, 2.45) is 0 Å². The zero-order chi connectivity index (χ0) is 16.1. The Hall–Kier alpha value is -3.00. The van der Waals surface area contributed by atoms with Crippen molar-refractivity contribution in [3.63, 3.8) is 0 Å². The van der Waals surface area contributed by atoms with Gasteiger partial charge in [0.1, 0.15) is 25.0 Å². The third-order valence-electron chi connectivity index (χ3n) is 3.11. The summed E-state index contributed by atoms with van der Waals surface area (Å²) in [5, 5.41) is 6.85. The summed E-state index contributed by atoms with van der Waals surface area (Å²) >= 11 is 0. The first-order valence-electron chi connectivity index (χ1n) is 6.92. The maximum atomic E-state index is 12.1. The molecule has 23 heavy (non-hydrogen) atoms. The van der Waals surface area contributed by atoms with Gasteiger partial charge in [0.15, 0.2) is 11.6 Å². The molecule has 118 valence electrons. The summed E-state index contributed by atoms with van der Waals surface area (Å²) in [6, 6.07) is 6.99. The topological polar surface area (TPSA) is 95.1 Å². The third kappa shape index (κ3) is 3.43. The Kier molecular flexibility index (Phi) is 4.44. The molecule has 3 heterocycles. The van der Waals surface area contributed by atoms with Crippen molar-refractivity contribution < 1.29 is 13.9 Å². The Morgan fingerprint density at radius 1 is 1.39 bits per heavy atom. The molecule has 0 saturated carbocycles. The number of rotatable bonds is 6. The molecule has 1 N–H and O–H groups in total. The van der Waals surface area contributed by atoms with Crippen molar-refractivity contribution in [2.75, 3.05) is 7.11 Å². The lowest BCUT2D eigenvalue weighted by molar-refractivity contribution is 0.0914. The molecule has 0 aliphatic carbocycles. The molecule has 3 aromatic rings. The van der Waals surface area contributed by atoms with Crippen molar-refractivity contribution in [1.82, 2.24) is 25.1 Å². The van der Waals surface area contributed by atoms with E-state index in [1.165, 1.54) is 6.33 Å². The number of furan rings is 1. The Labute approximate surface area is 132 Å². The van der Waals surface area contributed by atoms with E-state index in [2.05, 4.69) is 20.4 Å². The number of nitrogens with one attached hydrogen (secondary N) is 1. The van der Waals surface area contributed by atoms with E-state index in [0.717, 1.165) is 5.56 Å². The van der Waals surface area contributed by atoms with Crippen molar-refractivity contribution in [1.29, 1.82) is 0 Å². The van der Waals surface area contributed by atoms with Crippen LogP contribution < -0.4 is 5.32 Å². The molecular formula is C15H15N5O3. The normalized spacial score (nSPS) is 10.7. The molecule has 0 unspecified atom stereocenters. The summed E-state index contributed by atoms with van der Waals surface area (Å²) in [4.78, 5) is 20.3. The number of ether oxygens (including phenoxy) is 1. The first kappa shape index (κ1) is 14.9. The summed E-state index contributed by atoms with van der Waals surface area (Å²) < 4.78 is 11.9. The van der Waals surface area contributed by atoms with E-state index in [1.807, 2.05) is 6.07 Å². The number of hydrogen-bond acceptors (Lipinski definition) is 6. The van der Waals surface area contributed by atoms with Crippen LogP contribution in [0.2, 0.25) is 0 Å². The van der Waals surface area contributed by atoms with Gasteiger partial charge in [-0.05, 0) is 18.2 Å². The first-order chi connectivity index (χ1) is 11.3. The lowest BCUT2D eigenvalue weighted by atomic mass is 10.2. The molecule has 0 spiro atoms. The minimum absolute atomic E-state index is 0.239. The third-order valence-corrected chi connectivity index (χ3v) is 3.11. The second kappa shape index (κ2) is 6.84. The van der Waals surface area contributed by atoms with Gasteiger partial charge < -0.3 is 14.5 Å². The highest BCUT2D eigenvalue weighted by atomic mass is 16.5. The molecule has 0 saturated heterocycles. The molecule has 0 aliphatic rings. The molecule has 0 radical (unpaired) electrons. The van der Waals surface area contributed by atoms with Crippen LogP contribution in [-0.4, -0.2) is 32.8 Å². The average Bonchev–Trinajstić information content (AvgIpc) is 3.25. The summed E-state index contributed by atoms with van der Waals surface area (Å²) in [6.07, 6.45) is 4.64. The number of carbonyl (C=O) groups excluding carboxylic acids is 1. The summed E-state index contributed by atoms with van der Waals surface area (Å²) in [5.41, 5.74) is 0.815. The Morgan fingerprint density at radius 3 is 3.09 bits per heavy atom. The largest absolute Gasteiger partial charge is 0.453 e. The van der Waals surface area contributed by atoms with Crippen LogP contribution in [0.15, 0.2) is 47.5 Å². The summed E-state index contributed by atoms with van der Waals surface area (Å²) in [7, 11) is 1.57. The zero-order valence-electron chi connectivity index (χ0n) is 12.5. The SMILES string of the molecule is COCc1ccc(C(=O)NCc2cccnc2-n2cncn2)o1. The molecule has 0 aromatic carbocycles. The van der Waals surface area contributed by atoms with Gasteiger partial charge in [-0.25, -0.2) is 14.6 Å². The minimum atomic E-state index is -0.305. The van der Waals surface area contributed by atoms with Crippen LogP contribution >= 0.6 is 0 Å². The molecule has 0 bridgehead atoms. The van der Waals surface area contributed by atoms with E-state index in [9.17, 15) is 4.79 Å². The smallest absolute Gasteiger partial charge is 0.287 e. The van der Waals surface area contributed by atoms with E-state index in [1.54, 1.807) is 42.5 Å². The van der Waals surface area contributed by atoms with Gasteiger partial charge in [0, 0.05) is 25.4 Å². The van der Waals surface area contributed by atoms with Gasteiger partial charge in [-0.1, -0.05) is 6.07 Å². The number of amides is 1. The number of nitrogens with zero attached hydrogens (tertiary/aromatic N) is 4. The van der Waals surface area contributed by atoms with Crippen LogP contribution in [0.1, 0.15) is 21.9 Å². The van der Waals surface area contributed by atoms with Gasteiger partial charge in [-0.15, -0.1) is 0 Å². The Balaban J connectivity index is 1.69. The van der Waals surface area contributed by atoms with Gasteiger partial charge in [-0.2, -0.15) is 5.10 Å². The number of methoxy groups -OCH3 is 1. The predicted molar refractivity (Wildman–Crippen MR) is 79.7 cm³/mol. The molecule has 8 heteroatoms. The molecule has 1 amide bonds. The molecule has 3 aromatic heterocycles. The van der Waals surface area contributed by atoms with Gasteiger partial charge in [0.05, 0.1) is 0 Å². The fraction of sp³-hybridized carbons (Fsp3) is 0.200. The van der Waals surface area contributed by atoms with E-state index < -0.39 is 0 Å². The number of pyridine rings is 1. The number of hydrogen-bond donors (Lipinski definition) is 1. The zero-order valence-corrected chi connectivity index (χ0v) is 12.5. The van der Waals surface area contributed by atoms with Crippen LogP contribution in [0.5, 0.6) is 0 Å². The van der Waals surface area contributed by atoms with E-state index in [-0.39, 0.29) is 11.7 Å². The molecule has 0 atom stereocenters. The molecule has 3 rings (SSSR count). The fourth-order valence-electron chi connectivity index (χ4n) is 2.07. The molecule has 8 nitrogen and oxygen atoms in total. The highest BCUT2D eigenvalue weighted by Crippen LogP contribution is 2.11. The van der Waals surface area contributed by atoms with Gasteiger partial charge >= 0.3 is 0 Å². The van der Waals surface area contributed by atoms with Crippen LogP contribution in [-0.2, 0) is 17.9 Å². The fourth-order valence-corrected chi connectivity index (χ4v) is 2.07. The summed E-state index contributed by atoms with van der Waals surface area (Å²) in [6.45, 7) is 0.620. The van der Waals surface area contributed by atoms with Crippen LogP contribution in [0, 0.1) is 0 Å². The first-order valence-corrected chi connectivity index (χ1v) is 6.92. The predicted octanol–water partition coefficient (Wildman–Crippen LogP) is 1.33. The number of carbonyl (C=O) groups is 1. The quantitative estimate of drug-likeness (QED) is 0.737. The lowest BCUT2D eigenvalue weighted by Gasteiger charge is -2.08. The molecule has 0 fully saturated rings. The highest BCUT2D eigenvalue weighted by molar-refractivity contribution is 5.91. The van der Waals surface area contributed by atoms with Crippen molar-refractivity contribution >= 4 is 5.91 Å². The lowest BCUT2D eigenvalue weighted by Crippen LogP contribution is -2.23. The van der Waals surface area contributed by atoms with Gasteiger partial charge in [-0.3, -0.25) is 4.79 Å². The van der Waals surface area contributed by atoms with Crippen molar-refractivity contribution in [3.8, 4) is 5.82 Å². The van der Waals surface area contributed by atoms with Crippen molar-refractivity contribution in [2.45, 2.75) is 13.2 Å². The second-order valence-electron chi connectivity index (χ2n) is 4.71. The van der Waals surface area contributed by atoms with E-state index in [4.69, 9.17) is 9.15 Å². The van der Waals surface area contributed by atoms with Crippen molar-refractivity contribution in [3.05, 3.63) is 60.2 Å². The Morgan fingerprint density at radius 2 is 2.30 bits per heavy atom. The van der Waals surface area contributed by atoms with E-state index in [0.29, 0.717) is 24.7 Å². The molecular weight excluding hydrogens is 298 g/mol. The average molecular weight is 313 g/mol. The summed E-state index contributed by atoms with van der Waals surface area (Å²) in [5.74, 6) is 1.15. The van der Waals surface area contributed by atoms with Crippen LogP contribution in [0.4, 0.5) is 0 Å². The maximum absolute atomic E-state index is 12.1. The molecule has 0 aliphatic heterocycles. The van der Waals surface area contributed by atoms with Gasteiger partial charge in [0.25, 0.3) is 5.91 Å². The maximum Gasteiger partial charge on any atom is 0.287 e. The Bertz CT molecular complexity index is 782. The second-order valence-corrected chi connectivity index (χ2v) is 4.71. The van der Waals surface area contributed by atoms with E-state index >= 15 is 0 Å². The highest BCUT2D eigenvalue weighted by Gasteiger charge is 2.13.